The van der Waals surface area contributed by atoms with Crippen molar-refractivity contribution in [2.45, 2.75) is 6.54 Å². The molecule has 0 aliphatic carbocycles. The summed E-state index contributed by atoms with van der Waals surface area (Å²) in [6.07, 6.45) is 2.98. The molecule has 19 heavy (non-hydrogen) atoms. The lowest BCUT2D eigenvalue weighted by Crippen LogP contribution is -2.19. The molecule has 0 fully saturated rings. The topological polar surface area (TPSA) is 72.9 Å². The summed E-state index contributed by atoms with van der Waals surface area (Å²) in [4.78, 5) is 11.8. The number of hydrogen-bond acceptors (Lipinski definition) is 3. The summed E-state index contributed by atoms with van der Waals surface area (Å²) in [6, 6.07) is 3.02. The molecule has 0 radical (unpaired) electrons. The van der Waals surface area contributed by atoms with Gasteiger partial charge in [-0.2, -0.15) is 5.10 Å². The SMILES string of the molecule is Nc1cc(Cl)c(NC(=O)Cn2cc(Cl)cn2)c(Cl)c1. The van der Waals surface area contributed by atoms with Gasteiger partial charge >= 0.3 is 0 Å². The van der Waals surface area contributed by atoms with Crippen LogP contribution >= 0.6 is 34.8 Å². The fourth-order valence-corrected chi connectivity index (χ4v) is 2.22. The molecule has 0 saturated carbocycles. The van der Waals surface area contributed by atoms with Crippen molar-refractivity contribution in [3.63, 3.8) is 0 Å². The number of anilines is 2. The number of amides is 1. The maximum atomic E-state index is 11.8. The van der Waals surface area contributed by atoms with Crippen LogP contribution in [0.5, 0.6) is 0 Å². The first kappa shape index (κ1) is 14.0. The second-order valence-electron chi connectivity index (χ2n) is 3.76. The lowest BCUT2D eigenvalue weighted by Gasteiger charge is -2.10. The zero-order chi connectivity index (χ0) is 14.0. The Morgan fingerprint density at radius 3 is 2.47 bits per heavy atom. The highest BCUT2D eigenvalue weighted by Crippen LogP contribution is 2.32. The summed E-state index contributed by atoms with van der Waals surface area (Å²) in [7, 11) is 0. The Kier molecular flexibility index (Phi) is 4.19. The van der Waals surface area contributed by atoms with Crippen molar-refractivity contribution in [3.05, 3.63) is 39.6 Å². The van der Waals surface area contributed by atoms with E-state index >= 15 is 0 Å². The molecule has 1 heterocycles. The molecular weight excluding hydrogens is 311 g/mol. The number of rotatable bonds is 3. The van der Waals surface area contributed by atoms with Crippen LogP contribution in [0.15, 0.2) is 24.5 Å². The standard InChI is InChI=1S/C11H9Cl3N4O/c12-6-3-16-18(4-6)5-10(19)17-11-8(13)1-7(15)2-9(11)14/h1-4H,5,15H2,(H,17,19). The molecule has 1 amide bonds. The van der Waals surface area contributed by atoms with Gasteiger partial charge in [0.25, 0.3) is 0 Å². The van der Waals surface area contributed by atoms with Crippen LogP contribution in [0.2, 0.25) is 15.1 Å². The summed E-state index contributed by atoms with van der Waals surface area (Å²) >= 11 is 17.6. The first-order chi connectivity index (χ1) is 8.95. The van der Waals surface area contributed by atoms with Gasteiger partial charge in [-0.05, 0) is 12.1 Å². The smallest absolute Gasteiger partial charge is 0.246 e. The Balaban J connectivity index is 2.11. The zero-order valence-corrected chi connectivity index (χ0v) is 11.8. The van der Waals surface area contributed by atoms with Crippen LogP contribution in [0.3, 0.4) is 0 Å². The third-order valence-electron chi connectivity index (χ3n) is 2.24. The van der Waals surface area contributed by atoms with Gasteiger partial charge in [0.15, 0.2) is 0 Å². The monoisotopic (exact) mass is 318 g/mol. The summed E-state index contributed by atoms with van der Waals surface area (Å²) < 4.78 is 1.40. The predicted molar refractivity (Wildman–Crippen MR) is 76.7 cm³/mol. The molecule has 100 valence electrons. The van der Waals surface area contributed by atoms with E-state index in [-0.39, 0.29) is 22.5 Å². The number of benzene rings is 1. The fraction of sp³-hybridized carbons (Fsp3) is 0.0909. The van der Waals surface area contributed by atoms with Gasteiger partial charge in [-0.1, -0.05) is 34.8 Å². The largest absolute Gasteiger partial charge is 0.399 e. The van der Waals surface area contributed by atoms with Crippen molar-refractivity contribution in [1.82, 2.24) is 9.78 Å². The lowest BCUT2D eigenvalue weighted by molar-refractivity contribution is -0.116. The minimum atomic E-state index is -0.326. The number of carbonyl (C=O) groups excluding carboxylic acids is 1. The predicted octanol–water partition coefficient (Wildman–Crippen LogP) is 3.06. The molecule has 0 bridgehead atoms. The van der Waals surface area contributed by atoms with Crippen molar-refractivity contribution >= 4 is 52.1 Å². The average molecular weight is 320 g/mol. The molecule has 0 unspecified atom stereocenters. The van der Waals surface area contributed by atoms with E-state index in [1.807, 2.05) is 0 Å². The summed E-state index contributed by atoms with van der Waals surface area (Å²) in [5.74, 6) is -0.326. The van der Waals surface area contributed by atoms with E-state index in [0.29, 0.717) is 16.4 Å². The van der Waals surface area contributed by atoms with Crippen LogP contribution in [0.4, 0.5) is 11.4 Å². The van der Waals surface area contributed by atoms with E-state index in [1.165, 1.54) is 29.2 Å². The lowest BCUT2D eigenvalue weighted by atomic mass is 10.3. The highest BCUT2D eigenvalue weighted by Gasteiger charge is 2.11. The van der Waals surface area contributed by atoms with Crippen molar-refractivity contribution in [3.8, 4) is 0 Å². The fourth-order valence-electron chi connectivity index (χ4n) is 1.46. The van der Waals surface area contributed by atoms with E-state index in [9.17, 15) is 4.79 Å². The minimum absolute atomic E-state index is 0.00372. The minimum Gasteiger partial charge on any atom is -0.399 e. The molecule has 2 aromatic rings. The highest BCUT2D eigenvalue weighted by molar-refractivity contribution is 6.40. The molecule has 2 rings (SSSR count). The van der Waals surface area contributed by atoms with Gasteiger partial charge in [-0.15, -0.1) is 0 Å². The highest BCUT2D eigenvalue weighted by atomic mass is 35.5. The van der Waals surface area contributed by atoms with Gasteiger partial charge in [0.2, 0.25) is 5.91 Å². The maximum absolute atomic E-state index is 11.8. The quantitative estimate of drug-likeness (QED) is 0.854. The summed E-state index contributed by atoms with van der Waals surface area (Å²) in [5.41, 5.74) is 6.32. The zero-order valence-electron chi connectivity index (χ0n) is 9.53. The number of nitrogens with zero attached hydrogens (tertiary/aromatic N) is 2. The van der Waals surface area contributed by atoms with Gasteiger partial charge in [0, 0.05) is 11.9 Å². The number of nitrogens with one attached hydrogen (secondary N) is 1. The number of halogens is 3. The van der Waals surface area contributed by atoms with Crippen molar-refractivity contribution in [2.24, 2.45) is 0 Å². The van der Waals surface area contributed by atoms with Gasteiger partial charge in [-0.3, -0.25) is 9.48 Å². The van der Waals surface area contributed by atoms with Gasteiger partial charge in [0.1, 0.15) is 6.54 Å². The Labute approximate surface area is 124 Å². The van der Waals surface area contributed by atoms with E-state index < -0.39 is 0 Å². The van der Waals surface area contributed by atoms with Crippen molar-refractivity contribution < 1.29 is 4.79 Å². The Bertz CT molecular complexity index is 603. The van der Waals surface area contributed by atoms with Crippen LogP contribution in [-0.2, 0) is 11.3 Å². The number of aromatic nitrogens is 2. The molecule has 0 aliphatic heterocycles. The van der Waals surface area contributed by atoms with Crippen LogP contribution < -0.4 is 11.1 Å². The normalized spacial score (nSPS) is 10.5. The molecule has 3 N–H and O–H groups in total. The first-order valence-corrected chi connectivity index (χ1v) is 6.31. The Hall–Kier alpha value is -1.43. The van der Waals surface area contributed by atoms with Gasteiger partial charge < -0.3 is 11.1 Å². The molecule has 1 aromatic carbocycles. The molecular formula is C11H9Cl3N4O. The maximum Gasteiger partial charge on any atom is 0.246 e. The number of nitrogen functional groups attached to an aromatic ring is 1. The van der Waals surface area contributed by atoms with Gasteiger partial charge in [-0.25, -0.2) is 0 Å². The molecule has 8 heteroatoms. The summed E-state index contributed by atoms with van der Waals surface area (Å²) in [5, 5.41) is 7.50. The summed E-state index contributed by atoms with van der Waals surface area (Å²) in [6.45, 7) is 0.00372. The van der Waals surface area contributed by atoms with Crippen molar-refractivity contribution in [1.29, 1.82) is 0 Å². The molecule has 0 aliphatic rings. The first-order valence-electron chi connectivity index (χ1n) is 5.18. The number of carbonyl (C=O) groups is 1. The van der Waals surface area contributed by atoms with Crippen molar-refractivity contribution in [2.75, 3.05) is 11.1 Å². The number of hydrogen-bond donors (Lipinski definition) is 2. The second-order valence-corrected chi connectivity index (χ2v) is 5.01. The Morgan fingerprint density at radius 2 is 1.95 bits per heavy atom. The third-order valence-corrected chi connectivity index (χ3v) is 3.03. The van der Waals surface area contributed by atoms with E-state index in [1.54, 1.807) is 0 Å². The van der Waals surface area contributed by atoms with E-state index in [0.717, 1.165) is 0 Å². The van der Waals surface area contributed by atoms with Crippen LogP contribution in [0, 0.1) is 0 Å². The molecule has 0 spiro atoms. The molecule has 1 aromatic heterocycles. The Morgan fingerprint density at radius 1 is 1.32 bits per heavy atom. The molecule has 0 atom stereocenters. The van der Waals surface area contributed by atoms with E-state index in [4.69, 9.17) is 40.5 Å². The second kappa shape index (κ2) is 5.69. The van der Waals surface area contributed by atoms with Crippen LogP contribution in [0.1, 0.15) is 0 Å². The number of nitrogens with two attached hydrogens (primary N) is 1. The molecule has 5 nitrogen and oxygen atoms in total. The van der Waals surface area contributed by atoms with E-state index in [2.05, 4.69) is 10.4 Å². The van der Waals surface area contributed by atoms with Crippen LogP contribution in [-0.4, -0.2) is 15.7 Å². The molecule has 0 saturated heterocycles. The average Bonchev–Trinajstić information content (AvgIpc) is 2.69. The third kappa shape index (κ3) is 3.53. The van der Waals surface area contributed by atoms with Crippen LogP contribution in [0.25, 0.3) is 0 Å². The van der Waals surface area contributed by atoms with Gasteiger partial charge in [0.05, 0.1) is 27.0 Å².